The Morgan fingerprint density at radius 3 is 2.21 bits per heavy atom. The predicted molar refractivity (Wildman–Crippen MR) is 150 cm³/mol. The van der Waals surface area contributed by atoms with Crippen molar-refractivity contribution in [1.29, 1.82) is 0 Å². The first-order valence-corrected chi connectivity index (χ1v) is 15.0. The molecule has 2 aliphatic heterocycles. The van der Waals surface area contributed by atoms with E-state index < -0.39 is 0 Å². The molecule has 2 saturated heterocycles. The summed E-state index contributed by atoms with van der Waals surface area (Å²) in [5, 5.41) is 0. The highest BCUT2D eigenvalue weighted by atomic mass is 16.2. The summed E-state index contributed by atoms with van der Waals surface area (Å²) < 4.78 is 3.75. The first-order chi connectivity index (χ1) is 18.5. The zero-order chi connectivity index (χ0) is 26.6. The number of fused-ring (bicyclic) bond motifs is 1. The Kier molecular flexibility index (Phi) is 8.56. The molecule has 0 spiro atoms. The number of hydrogen-bond acceptors (Lipinski definition) is 4. The minimum absolute atomic E-state index is 0.0163. The molecule has 38 heavy (non-hydrogen) atoms. The Hall–Kier alpha value is -2.61. The standard InChI is InChI=1S/C30H45N5O3/c1-2-34-26-12-8-9-13-27(26)35(30(34)38)25-16-17-32(20-22-10-6-4-3-5-7-11-22)21-24(25)29(37)33-18-14-23(15-19-33)28(31)36/h8-9,12-13,22-25H,2-7,10-11,14-21H2,1H3,(H2,31,36)/t24-,25-/m0/s1. The average Bonchev–Trinajstić information content (AvgIpc) is 3.20. The van der Waals surface area contributed by atoms with Gasteiger partial charge in [0.2, 0.25) is 11.8 Å². The van der Waals surface area contributed by atoms with Crippen LogP contribution >= 0.6 is 0 Å². The van der Waals surface area contributed by atoms with Crippen molar-refractivity contribution in [1.82, 2.24) is 18.9 Å². The van der Waals surface area contributed by atoms with Gasteiger partial charge in [0.25, 0.3) is 0 Å². The molecule has 2 amide bonds. The number of hydrogen-bond donors (Lipinski definition) is 1. The number of carbonyl (C=O) groups is 2. The molecular weight excluding hydrogens is 478 g/mol. The molecule has 8 heteroatoms. The fourth-order valence-corrected chi connectivity index (χ4v) is 7.29. The van der Waals surface area contributed by atoms with Crippen molar-refractivity contribution in [3.63, 3.8) is 0 Å². The molecule has 0 radical (unpaired) electrons. The van der Waals surface area contributed by atoms with Crippen LogP contribution in [0.15, 0.2) is 29.1 Å². The number of carbonyl (C=O) groups excluding carboxylic acids is 2. The molecule has 8 nitrogen and oxygen atoms in total. The maximum absolute atomic E-state index is 14.1. The molecule has 0 bridgehead atoms. The first-order valence-electron chi connectivity index (χ1n) is 15.0. The highest BCUT2D eigenvalue weighted by Gasteiger charge is 2.40. The second-order valence-electron chi connectivity index (χ2n) is 11.8. The van der Waals surface area contributed by atoms with Crippen LogP contribution in [0, 0.1) is 17.8 Å². The molecule has 2 aromatic rings. The third-order valence-corrected chi connectivity index (χ3v) is 9.44. The smallest absolute Gasteiger partial charge is 0.329 e. The van der Waals surface area contributed by atoms with Crippen LogP contribution in [0.3, 0.4) is 0 Å². The molecule has 1 aromatic heterocycles. The van der Waals surface area contributed by atoms with Crippen LogP contribution in [0.5, 0.6) is 0 Å². The van der Waals surface area contributed by atoms with Gasteiger partial charge in [-0.2, -0.15) is 0 Å². The van der Waals surface area contributed by atoms with Crippen LogP contribution in [0.1, 0.15) is 77.2 Å². The van der Waals surface area contributed by atoms with Crippen LogP contribution in [0.4, 0.5) is 0 Å². The summed E-state index contributed by atoms with van der Waals surface area (Å²) in [6.07, 6.45) is 11.3. The number of aryl methyl sites for hydroxylation is 1. The van der Waals surface area contributed by atoms with Gasteiger partial charge in [0.05, 0.1) is 23.0 Å². The van der Waals surface area contributed by atoms with Gasteiger partial charge in [-0.25, -0.2) is 4.79 Å². The van der Waals surface area contributed by atoms with Gasteiger partial charge in [-0.1, -0.05) is 44.2 Å². The van der Waals surface area contributed by atoms with Crippen molar-refractivity contribution < 1.29 is 9.59 Å². The lowest BCUT2D eigenvalue weighted by molar-refractivity contribution is -0.142. The first kappa shape index (κ1) is 27.0. The summed E-state index contributed by atoms with van der Waals surface area (Å²) in [7, 11) is 0. The van der Waals surface area contributed by atoms with E-state index in [0.717, 1.165) is 30.5 Å². The topological polar surface area (TPSA) is 93.6 Å². The number of primary amides is 1. The summed E-state index contributed by atoms with van der Waals surface area (Å²) in [5.74, 6) is 0.120. The molecule has 2 N–H and O–H groups in total. The maximum Gasteiger partial charge on any atom is 0.329 e. The minimum Gasteiger partial charge on any atom is -0.369 e. The summed E-state index contributed by atoms with van der Waals surface area (Å²) >= 11 is 0. The number of benzene rings is 1. The number of para-hydroxylation sites is 2. The Morgan fingerprint density at radius 1 is 0.895 bits per heavy atom. The van der Waals surface area contributed by atoms with E-state index in [2.05, 4.69) is 4.90 Å². The molecule has 3 heterocycles. The Balaban J connectivity index is 1.42. The van der Waals surface area contributed by atoms with Crippen LogP contribution in [0.2, 0.25) is 0 Å². The van der Waals surface area contributed by atoms with E-state index in [1.807, 2.05) is 45.2 Å². The van der Waals surface area contributed by atoms with E-state index >= 15 is 0 Å². The number of piperidine rings is 2. The molecule has 0 unspecified atom stereocenters. The van der Waals surface area contributed by atoms with Crippen molar-refractivity contribution in [3.8, 4) is 0 Å². The number of aromatic nitrogens is 2. The third-order valence-electron chi connectivity index (χ3n) is 9.44. The zero-order valence-electron chi connectivity index (χ0n) is 23.0. The van der Waals surface area contributed by atoms with Crippen LogP contribution < -0.4 is 11.4 Å². The van der Waals surface area contributed by atoms with Gasteiger partial charge in [0.15, 0.2) is 0 Å². The fourth-order valence-electron chi connectivity index (χ4n) is 7.29. The van der Waals surface area contributed by atoms with Crippen LogP contribution in [-0.4, -0.2) is 63.5 Å². The van der Waals surface area contributed by atoms with Crippen molar-refractivity contribution in [2.75, 3.05) is 32.7 Å². The molecule has 5 rings (SSSR count). The van der Waals surface area contributed by atoms with E-state index in [9.17, 15) is 14.4 Å². The van der Waals surface area contributed by atoms with Gasteiger partial charge in [0, 0.05) is 45.2 Å². The minimum atomic E-state index is -0.281. The summed E-state index contributed by atoms with van der Waals surface area (Å²) in [6.45, 7) is 6.37. The molecule has 1 saturated carbocycles. The van der Waals surface area contributed by atoms with Gasteiger partial charge >= 0.3 is 5.69 Å². The van der Waals surface area contributed by atoms with Crippen molar-refractivity contribution >= 4 is 22.8 Å². The average molecular weight is 524 g/mol. The second kappa shape index (κ2) is 12.1. The van der Waals surface area contributed by atoms with E-state index in [-0.39, 0.29) is 35.4 Å². The lowest BCUT2D eigenvalue weighted by atomic mass is 9.86. The van der Waals surface area contributed by atoms with Crippen LogP contribution in [-0.2, 0) is 16.1 Å². The Morgan fingerprint density at radius 2 is 1.55 bits per heavy atom. The lowest BCUT2D eigenvalue weighted by Gasteiger charge is -2.42. The zero-order valence-corrected chi connectivity index (χ0v) is 23.0. The third kappa shape index (κ3) is 5.56. The number of imidazole rings is 1. The normalized spacial score (nSPS) is 24.8. The van der Waals surface area contributed by atoms with Gasteiger partial charge in [-0.15, -0.1) is 0 Å². The van der Waals surface area contributed by atoms with E-state index in [4.69, 9.17) is 5.73 Å². The van der Waals surface area contributed by atoms with Gasteiger partial charge in [0.1, 0.15) is 0 Å². The number of nitrogens with two attached hydrogens (primary N) is 1. The molecule has 1 aliphatic carbocycles. The Labute approximate surface area is 226 Å². The molecule has 2 atom stereocenters. The molecular formula is C30H45N5O3. The largest absolute Gasteiger partial charge is 0.369 e. The van der Waals surface area contributed by atoms with E-state index in [1.54, 1.807) is 0 Å². The van der Waals surface area contributed by atoms with Crippen molar-refractivity contribution in [2.45, 2.75) is 83.7 Å². The van der Waals surface area contributed by atoms with Gasteiger partial charge in [-0.3, -0.25) is 18.7 Å². The molecule has 3 fully saturated rings. The highest BCUT2D eigenvalue weighted by Crippen LogP contribution is 2.34. The van der Waals surface area contributed by atoms with E-state index in [0.29, 0.717) is 44.9 Å². The lowest BCUT2D eigenvalue weighted by Crippen LogP contribution is -2.53. The predicted octanol–water partition coefficient (Wildman–Crippen LogP) is 3.77. The molecule has 208 valence electrons. The SMILES string of the molecule is CCn1c(=O)n([C@H]2CCN(CC3CCCCCCC3)C[C@@H]2C(=O)N2CCC(C(N)=O)CC2)c2ccccc21. The molecule has 1 aromatic carbocycles. The van der Waals surface area contributed by atoms with Crippen molar-refractivity contribution in [2.24, 2.45) is 23.5 Å². The van der Waals surface area contributed by atoms with Crippen LogP contribution in [0.25, 0.3) is 11.0 Å². The summed E-state index contributed by atoms with van der Waals surface area (Å²) in [5.41, 5.74) is 7.39. The maximum atomic E-state index is 14.1. The number of nitrogens with zero attached hydrogens (tertiary/aromatic N) is 4. The van der Waals surface area contributed by atoms with Gasteiger partial charge in [-0.05, 0) is 57.1 Å². The summed E-state index contributed by atoms with van der Waals surface area (Å²) in [4.78, 5) is 44.0. The molecule has 3 aliphatic rings. The quantitative estimate of drug-likeness (QED) is 0.624. The van der Waals surface area contributed by atoms with E-state index in [1.165, 1.54) is 44.9 Å². The van der Waals surface area contributed by atoms with Crippen molar-refractivity contribution in [3.05, 3.63) is 34.7 Å². The highest BCUT2D eigenvalue weighted by molar-refractivity contribution is 5.82. The summed E-state index contributed by atoms with van der Waals surface area (Å²) in [6, 6.07) is 7.81. The Bertz CT molecular complexity index is 1170. The number of likely N-dealkylation sites (tertiary alicyclic amines) is 2. The second-order valence-corrected chi connectivity index (χ2v) is 11.8. The number of rotatable bonds is 6. The number of amides is 2. The fraction of sp³-hybridized carbons (Fsp3) is 0.700. The van der Waals surface area contributed by atoms with Gasteiger partial charge < -0.3 is 15.5 Å². The monoisotopic (exact) mass is 523 g/mol.